The van der Waals surface area contributed by atoms with Gasteiger partial charge in [-0.25, -0.2) is 4.90 Å². The van der Waals surface area contributed by atoms with Crippen molar-refractivity contribution in [2.45, 2.75) is 6.92 Å². The zero-order valence-electron chi connectivity index (χ0n) is 13.7. The molecule has 0 bridgehead atoms. The van der Waals surface area contributed by atoms with Gasteiger partial charge in [0.15, 0.2) is 5.76 Å². The van der Waals surface area contributed by atoms with Gasteiger partial charge in [0.1, 0.15) is 0 Å². The highest BCUT2D eigenvalue weighted by atomic mass is 16.3. The molecular weight excluding hydrogens is 334 g/mol. The fraction of sp³-hybridized carbons (Fsp3) is 0.0526. The van der Waals surface area contributed by atoms with Crippen molar-refractivity contribution in [3.8, 4) is 6.07 Å². The molecule has 0 atom stereocenters. The van der Waals surface area contributed by atoms with Gasteiger partial charge in [0.05, 0.1) is 22.9 Å². The van der Waals surface area contributed by atoms with Crippen LogP contribution in [0.15, 0.2) is 54.3 Å². The number of amides is 3. The smallest absolute Gasteiger partial charge is 0.301 e. The first-order valence-electron chi connectivity index (χ1n) is 7.62. The molecule has 0 saturated carbocycles. The fourth-order valence-corrected chi connectivity index (χ4v) is 2.62. The molecule has 0 aliphatic carbocycles. The summed E-state index contributed by atoms with van der Waals surface area (Å²) in [5.74, 6) is -2.38. The third-order valence-corrected chi connectivity index (χ3v) is 3.81. The number of nitrogens with one attached hydrogen (secondary N) is 1. The van der Waals surface area contributed by atoms with Gasteiger partial charge in [-0.2, -0.15) is 5.26 Å². The molecule has 1 aliphatic rings. The van der Waals surface area contributed by atoms with Crippen molar-refractivity contribution >= 4 is 34.7 Å². The lowest BCUT2D eigenvalue weighted by molar-refractivity contribution is -0.121. The Hall–Kier alpha value is -3.92. The van der Waals surface area contributed by atoms with E-state index in [9.17, 15) is 19.5 Å². The second-order valence-electron chi connectivity index (χ2n) is 5.59. The summed E-state index contributed by atoms with van der Waals surface area (Å²) in [6.45, 7) is 1.37. The predicted molar refractivity (Wildman–Crippen MR) is 93.9 cm³/mol. The summed E-state index contributed by atoms with van der Waals surface area (Å²) in [7, 11) is 0. The van der Waals surface area contributed by atoms with Crippen molar-refractivity contribution in [3.05, 3.63) is 65.4 Å². The van der Waals surface area contributed by atoms with Crippen LogP contribution in [-0.2, 0) is 14.4 Å². The lowest BCUT2D eigenvalue weighted by Crippen LogP contribution is -2.31. The molecule has 7 heteroatoms. The van der Waals surface area contributed by atoms with Crippen molar-refractivity contribution in [1.29, 1.82) is 5.26 Å². The van der Waals surface area contributed by atoms with Crippen LogP contribution in [0.2, 0.25) is 0 Å². The zero-order valence-corrected chi connectivity index (χ0v) is 13.7. The Morgan fingerprint density at radius 1 is 1.04 bits per heavy atom. The van der Waals surface area contributed by atoms with Gasteiger partial charge in [-0.1, -0.05) is 12.1 Å². The summed E-state index contributed by atoms with van der Waals surface area (Å²) in [6, 6.07) is 14.0. The highest BCUT2D eigenvalue weighted by Gasteiger charge is 2.40. The number of carbonyl (C=O) groups excluding carboxylic acids is 3. The second-order valence-corrected chi connectivity index (χ2v) is 5.59. The largest absolute Gasteiger partial charge is 0.502 e. The second kappa shape index (κ2) is 6.53. The fourth-order valence-electron chi connectivity index (χ4n) is 2.62. The van der Waals surface area contributed by atoms with E-state index < -0.39 is 17.6 Å². The monoisotopic (exact) mass is 347 g/mol. The molecule has 0 aromatic heterocycles. The van der Waals surface area contributed by atoms with Crippen molar-refractivity contribution in [1.82, 2.24) is 0 Å². The molecule has 1 heterocycles. The molecule has 2 aromatic rings. The molecule has 2 aromatic carbocycles. The Bertz CT molecular complexity index is 983. The Balaban J connectivity index is 1.93. The molecule has 1 aliphatic heterocycles. The number of rotatable bonds is 3. The molecule has 3 rings (SSSR count). The molecule has 128 valence electrons. The first kappa shape index (κ1) is 16.9. The summed E-state index contributed by atoms with van der Waals surface area (Å²) < 4.78 is 0. The average molecular weight is 347 g/mol. The van der Waals surface area contributed by atoms with E-state index >= 15 is 0 Å². The van der Waals surface area contributed by atoms with E-state index in [4.69, 9.17) is 5.26 Å². The van der Waals surface area contributed by atoms with E-state index in [-0.39, 0.29) is 17.2 Å². The average Bonchev–Trinajstić information content (AvgIpc) is 2.85. The molecule has 0 fully saturated rings. The van der Waals surface area contributed by atoms with Gasteiger partial charge in [-0.3, -0.25) is 14.4 Å². The quantitative estimate of drug-likeness (QED) is 0.828. The van der Waals surface area contributed by atoms with Gasteiger partial charge in [0.25, 0.3) is 5.91 Å². The van der Waals surface area contributed by atoms with Crippen LogP contribution >= 0.6 is 0 Å². The molecular formula is C19H13N3O4. The number of carbonyl (C=O) groups is 3. The first-order valence-corrected chi connectivity index (χ1v) is 7.62. The van der Waals surface area contributed by atoms with E-state index in [2.05, 4.69) is 5.32 Å². The van der Waals surface area contributed by atoms with Gasteiger partial charge in [-0.15, -0.1) is 0 Å². The number of imide groups is 1. The van der Waals surface area contributed by atoms with Crippen LogP contribution in [0.25, 0.3) is 5.57 Å². The number of aliphatic hydroxyl groups excluding tert-OH is 1. The maximum atomic E-state index is 12.7. The number of nitrogens with zero attached hydrogens (tertiary/aromatic N) is 2. The van der Waals surface area contributed by atoms with E-state index in [1.807, 2.05) is 6.07 Å². The van der Waals surface area contributed by atoms with Crippen molar-refractivity contribution < 1.29 is 19.5 Å². The minimum absolute atomic E-state index is 0.117. The molecule has 3 amide bonds. The van der Waals surface area contributed by atoms with E-state index in [0.29, 0.717) is 16.8 Å². The Morgan fingerprint density at radius 3 is 2.19 bits per heavy atom. The van der Waals surface area contributed by atoms with Gasteiger partial charge in [0, 0.05) is 12.6 Å². The number of hydrogen-bond donors (Lipinski definition) is 2. The Labute approximate surface area is 148 Å². The van der Waals surface area contributed by atoms with Crippen LogP contribution < -0.4 is 10.2 Å². The Kier molecular flexibility index (Phi) is 4.25. The third-order valence-electron chi connectivity index (χ3n) is 3.81. The van der Waals surface area contributed by atoms with E-state index in [1.165, 1.54) is 43.3 Å². The number of anilines is 2. The molecule has 0 saturated heterocycles. The van der Waals surface area contributed by atoms with Crippen LogP contribution in [0.3, 0.4) is 0 Å². The topological polar surface area (TPSA) is 110 Å². The van der Waals surface area contributed by atoms with Crippen molar-refractivity contribution in [3.63, 3.8) is 0 Å². The molecule has 26 heavy (non-hydrogen) atoms. The molecule has 7 nitrogen and oxygen atoms in total. The lowest BCUT2D eigenvalue weighted by Gasteiger charge is -2.14. The van der Waals surface area contributed by atoms with Gasteiger partial charge in [0.2, 0.25) is 5.91 Å². The standard InChI is InChI=1S/C19H13N3O4/c1-11(23)21-14-6-4-13(5-7-14)16-17(24)19(26)22(18(16)25)15-8-2-12(10-20)3-9-15/h2-9,24H,1H3,(H,21,23). The highest BCUT2D eigenvalue weighted by Crippen LogP contribution is 2.32. The summed E-state index contributed by atoms with van der Waals surface area (Å²) in [5, 5.41) is 21.6. The van der Waals surface area contributed by atoms with Crippen LogP contribution in [0, 0.1) is 11.3 Å². The first-order chi connectivity index (χ1) is 12.4. The normalized spacial score (nSPS) is 13.8. The molecule has 0 radical (unpaired) electrons. The minimum Gasteiger partial charge on any atom is -0.502 e. The number of aliphatic hydroxyl groups is 1. The van der Waals surface area contributed by atoms with Crippen LogP contribution in [-0.4, -0.2) is 22.8 Å². The minimum atomic E-state index is -0.833. The number of nitriles is 1. The van der Waals surface area contributed by atoms with E-state index in [0.717, 1.165) is 4.90 Å². The van der Waals surface area contributed by atoms with Crippen molar-refractivity contribution in [2.75, 3.05) is 10.2 Å². The zero-order chi connectivity index (χ0) is 18.8. The molecule has 2 N–H and O–H groups in total. The van der Waals surface area contributed by atoms with Crippen molar-refractivity contribution in [2.24, 2.45) is 0 Å². The van der Waals surface area contributed by atoms with Crippen LogP contribution in [0.5, 0.6) is 0 Å². The summed E-state index contributed by atoms with van der Waals surface area (Å²) in [6.07, 6.45) is 0. The van der Waals surface area contributed by atoms with Gasteiger partial charge < -0.3 is 10.4 Å². The molecule has 0 spiro atoms. The van der Waals surface area contributed by atoms with Gasteiger partial charge >= 0.3 is 5.91 Å². The number of hydrogen-bond acceptors (Lipinski definition) is 5. The number of benzene rings is 2. The lowest BCUT2D eigenvalue weighted by atomic mass is 10.0. The van der Waals surface area contributed by atoms with Crippen LogP contribution in [0.1, 0.15) is 18.1 Å². The highest BCUT2D eigenvalue weighted by molar-refractivity contribution is 6.44. The molecule has 0 unspecified atom stereocenters. The summed E-state index contributed by atoms with van der Waals surface area (Å²) in [5.41, 5.74) is 1.41. The maximum Gasteiger partial charge on any atom is 0.301 e. The summed E-state index contributed by atoms with van der Waals surface area (Å²) in [4.78, 5) is 37.0. The van der Waals surface area contributed by atoms with Crippen LogP contribution in [0.4, 0.5) is 11.4 Å². The van der Waals surface area contributed by atoms with E-state index in [1.54, 1.807) is 12.1 Å². The maximum absolute atomic E-state index is 12.7. The predicted octanol–water partition coefficient (Wildman–Crippen LogP) is 2.36. The third kappa shape index (κ3) is 2.91. The SMILES string of the molecule is CC(=O)Nc1ccc(C2=C(O)C(=O)N(c3ccc(C#N)cc3)C2=O)cc1. The van der Waals surface area contributed by atoms with Gasteiger partial charge in [-0.05, 0) is 42.0 Å². The summed E-state index contributed by atoms with van der Waals surface area (Å²) >= 11 is 0. The Morgan fingerprint density at radius 2 is 1.65 bits per heavy atom.